The Morgan fingerprint density at radius 1 is 1.22 bits per heavy atom. The number of nitriles is 1. The first kappa shape index (κ1) is 18.8. The molecule has 2 N–H and O–H groups in total. The van der Waals surface area contributed by atoms with Gasteiger partial charge in [0.05, 0.1) is 30.1 Å². The number of nitrogens with one attached hydrogen (secondary N) is 2. The van der Waals surface area contributed by atoms with E-state index in [0.717, 1.165) is 6.07 Å². The van der Waals surface area contributed by atoms with Gasteiger partial charge < -0.3 is 9.72 Å². The van der Waals surface area contributed by atoms with Crippen molar-refractivity contribution in [1.29, 1.82) is 5.26 Å². The van der Waals surface area contributed by atoms with Gasteiger partial charge in [0.25, 0.3) is 10.0 Å². The van der Waals surface area contributed by atoms with Crippen molar-refractivity contribution in [2.45, 2.75) is 4.90 Å². The number of aromatic amines is 1. The van der Waals surface area contributed by atoms with Crippen molar-refractivity contribution in [2.75, 3.05) is 11.8 Å². The molecule has 0 atom stereocenters. The zero-order valence-corrected chi connectivity index (χ0v) is 15.5. The number of H-pyrrole nitrogens is 1. The van der Waals surface area contributed by atoms with Gasteiger partial charge in [0.1, 0.15) is 16.5 Å². The lowest BCUT2D eigenvalue weighted by Gasteiger charge is -2.08. The van der Waals surface area contributed by atoms with E-state index in [0.29, 0.717) is 22.0 Å². The normalized spacial score (nSPS) is 11.0. The molecule has 1 aromatic heterocycles. The van der Waals surface area contributed by atoms with Crippen LogP contribution < -0.4 is 9.46 Å². The van der Waals surface area contributed by atoms with Gasteiger partial charge in [0.2, 0.25) is 0 Å². The summed E-state index contributed by atoms with van der Waals surface area (Å²) in [6.07, 6.45) is 1.28. The van der Waals surface area contributed by atoms with Crippen LogP contribution in [-0.4, -0.2) is 20.5 Å². The molecular formula is C18H13ClFN3O3S. The monoisotopic (exact) mass is 405 g/mol. The van der Waals surface area contributed by atoms with Crippen molar-refractivity contribution in [3.8, 4) is 23.1 Å². The summed E-state index contributed by atoms with van der Waals surface area (Å²) in [6, 6.07) is 11.6. The summed E-state index contributed by atoms with van der Waals surface area (Å²) in [5.74, 6) is -0.332. The number of aromatic nitrogens is 1. The molecule has 2 aromatic carbocycles. The summed E-state index contributed by atoms with van der Waals surface area (Å²) < 4.78 is 46.5. The van der Waals surface area contributed by atoms with Gasteiger partial charge in [-0.05, 0) is 42.5 Å². The molecule has 0 aliphatic heterocycles. The predicted octanol–water partition coefficient (Wildman–Crippen LogP) is 4.16. The number of rotatable bonds is 5. The minimum Gasteiger partial charge on any atom is -0.496 e. The third-order valence-electron chi connectivity index (χ3n) is 3.76. The molecule has 0 fully saturated rings. The predicted molar refractivity (Wildman–Crippen MR) is 99.7 cm³/mol. The van der Waals surface area contributed by atoms with E-state index in [1.165, 1.54) is 31.5 Å². The lowest BCUT2D eigenvalue weighted by atomic mass is 10.1. The molecule has 27 heavy (non-hydrogen) atoms. The maximum atomic E-state index is 14.0. The molecule has 0 unspecified atom stereocenters. The molecule has 0 saturated heterocycles. The molecule has 9 heteroatoms. The minimum absolute atomic E-state index is 0.0902. The van der Waals surface area contributed by atoms with Crippen LogP contribution >= 0.6 is 11.6 Å². The number of anilines is 1. The summed E-state index contributed by atoms with van der Waals surface area (Å²) in [4.78, 5) is 2.76. The number of halogens is 2. The largest absolute Gasteiger partial charge is 0.496 e. The Kier molecular flexibility index (Phi) is 5.08. The van der Waals surface area contributed by atoms with E-state index >= 15 is 0 Å². The van der Waals surface area contributed by atoms with E-state index in [2.05, 4.69) is 9.71 Å². The smallest absolute Gasteiger partial charge is 0.263 e. The van der Waals surface area contributed by atoms with Crippen LogP contribution in [0.25, 0.3) is 11.3 Å². The first-order valence-corrected chi connectivity index (χ1v) is 9.45. The number of ether oxygens (including phenoxy) is 1. The van der Waals surface area contributed by atoms with E-state index in [4.69, 9.17) is 21.6 Å². The van der Waals surface area contributed by atoms with Crippen LogP contribution in [0, 0.1) is 17.1 Å². The molecule has 0 amide bonds. The van der Waals surface area contributed by atoms with Crippen LogP contribution in [-0.2, 0) is 10.0 Å². The molecule has 0 aliphatic rings. The highest BCUT2D eigenvalue weighted by Gasteiger charge is 2.20. The van der Waals surface area contributed by atoms with Crippen LogP contribution in [0.15, 0.2) is 53.6 Å². The number of hydrogen-bond acceptors (Lipinski definition) is 4. The summed E-state index contributed by atoms with van der Waals surface area (Å²) >= 11 is 6.01. The first-order chi connectivity index (χ1) is 12.8. The molecule has 0 spiro atoms. The average Bonchev–Trinajstić information content (AvgIpc) is 3.14. The average molecular weight is 406 g/mol. The third-order valence-corrected chi connectivity index (χ3v) is 5.34. The van der Waals surface area contributed by atoms with E-state index in [1.54, 1.807) is 24.3 Å². The van der Waals surface area contributed by atoms with Gasteiger partial charge in [-0.3, -0.25) is 4.72 Å². The van der Waals surface area contributed by atoms with Crippen molar-refractivity contribution in [3.63, 3.8) is 0 Å². The van der Waals surface area contributed by atoms with Gasteiger partial charge in [-0.25, -0.2) is 12.8 Å². The number of nitrogens with zero attached hydrogens (tertiary/aromatic N) is 1. The van der Waals surface area contributed by atoms with Crippen LogP contribution in [0.4, 0.5) is 10.1 Å². The maximum Gasteiger partial charge on any atom is 0.263 e. The lowest BCUT2D eigenvalue weighted by Crippen LogP contribution is -2.13. The Balaban J connectivity index is 1.94. The molecule has 6 nitrogen and oxygen atoms in total. The van der Waals surface area contributed by atoms with Crippen LogP contribution in [0.5, 0.6) is 5.75 Å². The molecule has 0 aliphatic carbocycles. The highest BCUT2D eigenvalue weighted by molar-refractivity contribution is 7.92. The van der Waals surface area contributed by atoms with Gasteiger partial charge in [-0.1, -0.05) is 11.6 Å². The molecule has 3 rings (SSSR count). The number of benzene rings is 2. The van der Waals surface area contributed by atoms with Crippen molar-refractivity contribution in [1.82, 2.24) is 4.98 Å². The standard InChI is InChI=1S/C18H13ClFN3O3S/c1-26-18-5-3-12(19)7-14(18)17-8-13(10-22-17)27(24,25)23-16-4-2-11(9-21)6-15(16)20/h2-8,10,22-23H,1H3. The zero-order chi connectivity index (χ0) is 19.6. The van der Waals surface area contributed by atoms with Gasteiger partial charge >= 0.3 is 0 Å². The fraction of sp³-hybridized carbons (Fsp3) is 0.0556. The van der Waals surface area contributed by atoms with Gasteiger partial charge in [-0.2, -0.15) is 5.26 Å². The Morgan fingerprint density at radius 3 is 2.67 bits per heavy atom. The fourth-order valence-corrected chi connectivity index (χ4v) is 3.68. The molecule has 1 heterocycles. The molecule has 0 bridgehead atoms. The quantitative estimate of drug-likeness (QED) is 0.666. The van der Waals surface area contributed by atoms with E-state index in [9.17, 15) is 12.8 Å². The van der Waals surface area contributed by atoms with Crippen LogP contribution in [0.1, 0.15) is 5.56 Å². The van der Waals surface area contributed by atoms with Gasteiger partial charge in [-0.15, -0.1) is 0 Å². The van der Waals surface area contributed by atoms with Crippen molar-refractivity contribution in [3.05, 3.63) is 65.1 Å². The Morgan fingerprint density at radius 2 is 2.00 bits per heavy atom. The Labute approximate surface area is 160 Å². The fourth-order valence-electron chi connectivity index (χ4n) is 2.45. The van der Waals surface area contributed by atoms with Crippen LogP contribution in [0.2, 0.25) is 5.02 Å². The second-order valence-corrected chi connectivity index (χ2v) is 7.62. The molecule has 3 aromatic rings. The minimum atomic E-state index is -4.05. The summed E-state index contributed by atoms with van der Waals surface area (Å²) in [7, 11) is -2.56. The molecular weight excluding hydrogens is 393 g/mol. The number of sulfonamides is 1. The van der Waals surface area contributed by atoms with E-state index in [-0.39, 0.29) is 16.1 Å². The van der Waals surface area contributed by atoms with Crippen LogP contribution in [0.3, 0.4) is 0 Å². The highest BCUT2D eigenvalue weighted by atomic mass is 35.5. The first-order valence-electron chi connectivity index (χ1n) is 7.59. The summed E-state index contributed by atoms with van der Waals surface area (Å²) in [5, 5.41) is 9.22. The lowest BCUT2D eigenvalue weighted by molar-refractivity contribution is 0.416. The van der Waals surface area contributed by atoms with Gasteiger partial charge in [0, 0.05) is 16.8 Å². The molecule has 0 saturated carbocycles. The highest BCUT2D eigenvalue weighted by Crippen LogP contribution is 2.33. The van der Waals surface area contributed by atoms with Gasteiger partial charge in [0.15, 0.2) is 0 Å². The Hall–Kier alpha value is -3.02. The number of hydrogen-bond donors (Lipinski definition) is 2. The topological polar surface area (TPSA) is 95.0 Å². The van der Waals surface area contributed by atoms with Crippen molar-refractivity contribution in [2.24, 2.45) is 0 Å². The SMILES string of the molecule is COc1ccc(Cl)cc1-c1cc(S(=O)(=O)Nc2ccc(C#N)cc2F)c[nH]1. The van der Waals surface area contributed by atoms with Crippen molar-refractivity contribution < 1.29 is 17.5 Å². The second-order valence-electron chi connectivity index (χ2n) is 5.51. The number of methoxy groups -OCH3 is 1. The zero-order valence-electron chi connectivity index (χ0n) is 14.0. The Bertz CT molecular complexity index is 1150. The summed E-state index contributed by atoms with van der Waals surface area (Å²) in [6.45, 7) is 0. The summed E-state index contributed by atoms with van der Waals surface area (Å²) in [5.41, 5.74) is 0.885. The molecule has 138 valence electrons. The van der Waals surface area contributed by atoms with E-state index in [1.807, 2.05) is 0 Å². The van der Waals surface area contributed by atoms with Crippen molar-refractivity contribution >= 4 is 27.3 Å². The molecule has 0 radical (unpaired) electrons. The van der Waals surface area contributed by atoms with E-state index < -0.39 is 15.8 Å². The second kappa shape index (κ2) is 7.31. The maximum absolute atomic E-state index is 14.0. The third kappa shape index (κ3) is 3.89.